The van der Waals surface area contributed by atoms with Gasteiger partial charge in [-0.1, -0.05) is 15.9 Å². The summed E-state index contributed by atoms with van der Waals surface area (Å²) in [5, 5.41) is 0. The minimum absolute atomic E-state index is 0.113. The fourth-order valence-electron chi connectivity index (χ4n) is 2.62. The molecule has 1 aromatic rings. The summed E-state index contributed by atoms with van der Waals surface area (Å²) < 4.78 is 34.3. The lowest BCUT2D eigenvalue weighted by Crippen LogP contribution is -3.11. The highest BCUT2D eigenvalue weighted by molar-refractivity contribution is 9.10. The van der Waals surface area contributed by atoms with Gasteiger partial charge >= 0.3 is 0 Å². The molecule has 0 aliphatic rings. The number of rotatable bonds is 11. The van der Waals surface area contributed by atoms with Crippen molar-refractivity contribution in [1.82, 2.24) is 4.72 Å². The van der Waals surface area contributed by atoms with Crippen molar-refractivity contribution in [1.29, 1.82) is 0 Å². The van der Waals surface area contributed by atoms with E-state index in [4.69, 9.17) is 4.74 Å². The summed E-state index contributed by atoms with van der Waals surface area (Å²) in [5.41, 5.74) is 0. The Balaban J connectivity index is 2.73. The van der Waals surface area contributed by atoms with Crippen LogP contribution in [0.1, 0.15) is 40.5 Å². The maximum absolute atomic E-state index is 12.7. The molecule has 0 saturated heterocycles. The first-order valence-corrected chi connectivity index (χ1v) is 10.9. The first-order valence-electron chi connectivity index (χ1n) is 8.62. The van der Waals surface area contributed by atoms with Gasteiger partial charge in [-0.25, -0.2) is 13.1 Å². The minimum atomic E-state index is -3.61. The zero-order valence-electron chi connectivity index (χ0n) is 15.1. The number of nitrogens with one attached hydrogen (secondary N) is 2. The normalized spacial score (nSPS) is 13.2. The second-order valence-corrected chi connectivity index (χ2v) is 8.49. The van der Waals surface area contributed by atoms with Crippen LogP contribution in [-0.4, -0.2) is 40.7 Å². The molecular formula is C17H30BrN2O3S+. The van der Waals surface area contributed by atoms with Crippen molar-refractivity contribution in [2.24, 2.45) is 0 Å². The first-order chi connectivity index (χ1) is 11.3. The van der Waals surface area contributed by atoms with Crippen molar-refractivity contribution >= 4 is 26.0 Å². The molecule has 0 saturated carbocycles. The quantitative estimate of drug-likeness (QED) is 0.575. The highest BCUT2D eigenvalue weighted by Gasteiger charge is 2.22. The first kappa shape index (κ1) is 21.4. The Morgan fingerprint density at radius 3 is 2.50 bits per heavy atom. The second-order valence-electron chi connectivity index (χ2n) is 5.90. The molecule has 0 aliphatic carbocycles. The third kappa shape index (κ3) is 6.70. The minimum Gasteiger partial charge on any atom is -0.492 e. The van der Waals surface area contributed by atoms with Crippen LogP contribution in [0.5, 0.6) is 5.75 Å². The van der Waals surface area contributed by atoms with Gasteiger partial charge in [0.2, 0.25) is 10.0 Å². The highest BCUT2D eigenvalue weighted by Crippen LogP contribution is 2.27. The predicted octanol–water partition coefficient (Wildman–Crippen LogP) is 2.22. The molecule has 0 heterocycles. The van der Waals surface area contributed by atoms with E-state index in [9.17, 15) is 8.42 Å². The van der Waals surface area contributed by atoms with Gasteiger partial charge in [0.15, 0.2) is 0 Å². The summed E-state index contributed by atoms with van der Waals surface area (Å²) in [7, 11) is -3.61. The molecule has 2 N–H and O–H groups in total. The molecule has 1 aromatic carbocycles. The molecule has 0 bridgehead atoms. The Morgan fingerprint density at radius 1 is 1.25 bits per heavy atom. The Bertz CT molecular complexity index is 604. The van der Waals surface area contributed by atoms with Gasteiger partial charge in [-0.15, -0.1) is 0 Å². The number of quaternary nitrogens is 1. The Kier molecular flexibility index (Phi) is 9.26. The van der Waals surface area contributed by atoms with Crippen molar-refractivity contribution in [2.75, 3.05) is 26.2 Å². The number of halogens is 1. The molecule has 1 rings (SSSR count). The standard InChI is InChI=1S/C17H29BrN2O3S/c1-5-20(6-2)12-8-9-14(4)19-24(21,22)17-13-15(18)10-11-16(17)23-7-3/h10-11,13-14,19H,5-9,12H2,1-4H3/p+1/t14-/m1/s1. The summed E-state index contributed by atoms with van der Waals surface area (Å²) in [6, 6.07) is 4.93. The maximum atomic E-state index is 12.7. The van der Waals surface area contributed by atoms with Crippen molar-refractivity contribution in [3.05, 3.63) is 22.7 Å². The van der Waals surface area contributed by atoms with E-state index in [1.807, 2.05) is 13.8 Å². The van der Waals surface area contributed by atoms with Gasteiger partial charge in [0, 0.05) is 10.5 Å². The van der Waals surface area contributed by atoms with Crippen molar-refractivity contribution in [2.45, 2.75) is 51.5 Å². The van der Waals surface area contributed by atoms with Crippen LogP contribution >= 0.6 is 15.9 Å². The van der Waals surface area contributed by atoms with E-state index in [0.717, 1.165) is 32.5 Å². The van der Waals surface area contributed by atoms with E-state index in [1.54, 1.807) is 18.2 Å². The van der Waals surface area contributed by atoms with Crippen LogP contribution in [0.25, 0.3) is 0 Å². The van der Waals surface area contributed by atoms with Crippen LogP contribution in [0.3, 0.4) is 0 Å². The highest BCUT2D eigenvalue weighted by atomic mass is 79.9. The van der Waals surface area contributed by atoms with Crippen molar-refractivity contribution < 1.29 is 18.1 Å². The van der Waals surface area contributed by atoms with Gasteiger partial charge in [-0.05, 0) is 58.7 Å². The van der Waals surface area contributed by atoms with Crippen LogP contribution < -0.4 is 14.4 Å². The lowest BCUT2D eigenvalue weighted by Gasteiger charge is -2.18. The Morgan fingerprint density at radius 2 is 1.92 bits per heavy atom. The zero-order chi connectivity index (χ0) is 18.2. The topological polar surface area (TPSA) is 59.8 Å². The van der Waals surface area contributed by atoms with E-state index in [0.29, 0.717) is 16.8 Å². The fourth-order valence-corrected chi connectivity index (χ4v) is 4.58. The summed E-state index contributed by atoms with van der Waals surface area (Å²) in [5.74, 6) is 0.382. The molecule has 0 fully saturated rings. The van der Waals surface area contributed by atoms with Crippen LogP contribution in [0.2, 0.25) is 0 Å². The third-order valence-corrected chi connectivity index (χ3v) is 6.12. The molecule has 0 unspecified atom stereocenters. The Hall–Kier alpha value is -0.630. The van der Waals surface area contributed by atoms with Crippen molar-refractivity contribution in [3.8, 4) is 5.75 Å². The molecule has 24 heavy (non-hydrogen) atoms. The molecule has 0 aromatic heterocycles. The molecule has 7 heteroatoms. The van der Waals surface area contributed by atoms with Gasteiger partial charge in [0.25, 0.3) is 0 Å². The Labute approximate surface area is 154 Å². The molecule has 138 valence electrons. The van der Waals surface area contributed by atoms with E-state index in [2.05, 4.69) is 34.5 Å². The van der Waals surface area contributed by atoms with Gasteiger partial charge in [0.05, 0.1) is 26.2 Å². The molecule has 5 nitrogen and oxygen atoms in total. The molecule has 1 atom stereocenters. The number of hydrogen-bond acceptors (Lipinski definition) is 3. The largest absolute Gasteiger partial charge is 0.492 e. The lowest BCUT2D eigenvalue weighted by molar-refractivity contribution is -0.896. The fraction of sp³-hybridized carbons (Fsp3) is 0.647. The molecule has 0 spiro atoms. The van der Waals surface area contributed by atoms with Gasteiger partial charge in [-0.2, -0.15) is 0 Å². The average molecular weight is 422 g/mol. The van der Waals surface area contributed by atoms with Crippen LogP contribution in [0.15, 0.2) is 27.6 Å². The monoisotopic (exact) mass is 421 g/mol. The summed E-state index contributed by atoms with van der Waals surface area (Å²) >= 11 is 3.33. The van der Waals surface area contributed by atoms with E-state index in [-0.39, 0.29) is 10.9 Å². The van der Waals surface area contributed by atoms with Gasteiger partial charge in [-0.3, -0.25) is 0 Å². The van der Waals surface area contributed by atoms with E-state index >= 15 is 0 Å². The number of ether oxygens (including phenoxy) is 1. The number of sulfonamides is 1. The van der Waals surface area contributed by atoms with Crippen LogP contribution in [0.4, 0.5) is 0 Å². The summed E-state index contributed by atoms with van der Waals surface area (Å²) in [6.45, 7) is 11.8. The average Bonchev–Trinajstić information content (AvgIpc) is 2.53. The van der Waals surface area contributed by atoms with Gasteiger partial charge in [0.1, 0.15) is 10.6 Å². The van der Waals surface area contributed by atoms with Crippen LogP contribution in [0, 0.1) is 0 Å². The molecule has 0 amide bonds. The van der Waals surface area contributed by atoms with Crippen molar-refractivity contribution in [3.63, 3.8) is 0 Å². The predicted molar refractivity (Wildman–Crippen MR) is 101 cm³/mol. The molecule has 0 aliphatic heterocycles. The second kappa shape index (κ2) is 10.4. The van der Waals surface area contributed by atoms with Gasteiger partial charge < -0.3 is 9.64 Å². The molecule has 0 radical (unpaired) electrons. The number of benzene rings is 1. The van der Waals surface area contributed by atoms with E-state index < -0.39 is 10.0 Å². The smallest absolute Gasteiger partial charge is 0.244 e. The summed E-state index contributed by atoms with van der Waals surface area (Å²) in [4.78, 5) is 1.72. The zero-order valence-corrected chi connectivity index (χ0v) is 17.5. The molecular weight excluding hydrogens is 392 g/mol. The third-order valence-electron chi connectivity index (χ3n) is 4.02. The van der Waals surface area contributed by atoms with E-state index in [1.165, 1.54) is 4.90 Å². The lowest BCUT2D eigenvalue weighted by atomic mass is 10.2. The number of hydrogen-bond donors (Lipinski definition) is 2. The maximum Gasteiger partial charge on any atom is 0.244 e. The van der Waals surface area contributed by atoms with Crippen LogP contribution in [-0.2, 0) is 10.0 Å². The SMILES string of the molecule is CCOc1ccc(Br)cc1S(=O)(=O)N[C@H](C)CCC[NH+](CC)CC. The summed E-state index contributed by atoms with van der Waals surface area (Å²) in [6.07, 6.45) is 1.82.